The highest BCUT2D eigenvalue weighted by Gasteiger charge is 2.32. The quantitative estimate of drug-likeness (QED) is 0.805. The first-order valence-corrected chi connectivity index (χ1v) is 8.28. The van der Waals surface area contributed by atoms with Crippen LogP contribution in [0.1, 0.15) is 12.0 Å². The van der Waals surface area contributed by atoms with E-state index in [-0.39, 0.29) is 18.4 Å². The molecule has 3 N–H and O–H groups in total. The zero-order valence-corrected chi connectivity index (χ0v) is 14.0. The summed E-state index contributed by atoms with van der Waals surface area (Å²) in [5.41, 5.74) is 4.58. The summed E-state index contributed by atoms with van der Waals surface area (Å²) >= 11 is 0. The zero-order chi connectivity index (χ0) is 17.3. The molecule has 0 radical (unpaired) electrons. The van der Waals surface area contributed by atoms with E-state index >= 15 is 0 Å². The summed E-state index contributed by atoms with van der Waals surface area (Å²) in [6.07, 6.45) is -4.01. The highest BCUT2D eigenvalue weighted by atomic mass is 35.5. The van der Waals surface area contributed by atoms with Crippen molar-refractivity contribution in [1.82, 2.24) is 9.62 Å². The van der Waals surface area contributed by atoms with Gasteiger partial charge in [0.25, 0.3) is 0 Å². The number of sulfonamides is 1. The van der Waals surface area contributed by atoms with Crippen LogP contribution in [0, 0.1) is 0 Å². The maximum absolute atomic E-state index is 12.6. The Morgan fingerprint density at radius 2 is 2.04 bits per heavy atom. The van der Waals surface area contributed by atoms with E-state index in [1.165, 1.54) is 4.90 Å². The lowest BCUT2D eigenvalue weighted by atomic mass is 10.2. The molecule has 1 aliphatic heterocycles. The van der Waals surface area contributed by atoms with Gasteiger partial charge >= 0.3 is 6.18 Å². The van der Waals surface area contributed by atoms with E-state index in [2.05, 4.69) is 0 Å². The summed E-state index contributed by atoms with van der Waals surface area (Å²) in [5, 5.41) is 0. The number of nitrogens with zero attached hydrogens (tertiary/aromatic N) is 1. The van der Waals surface area contributed by atoms with Crippen molar-refractivity contribution < 1.29 is 26.4 Å². The van der Waals surface area contributed by atoms with E-state index in [0.717, 1.165) is 18.2 Å². The molecule has 1 aliphatic rings. The van der Waals surface area contributed by atoms with Crippen LogP contribution >= 0.6 is 12.4 Å². The summed E-state index contributed by atoms with van der Waals surface area (Å²) in [6.45, 7) is 0.251. The summed E-state index contributed by atoms with van der Waals surface area (Å²) in [4.78, 5) is 12.7. The lowest BCUT2D eigenvalue weighted by Gasteiger charge is -2.16. The number of likely N-dealkylation sites (tertiary alicyclic amines) is 1. The molecule has 1 aromatic rings. The third-order valence-electron chi connectivity index (χ3n) is 3.46. The number of halogens is 4. The predicted octanol–water partition coefficient (Wildman–Crippen LogP) is 0.965. The van der Waals surface area contributed by atoms with Gasteiger partial charge in [0.15, 0.2) is 0 Å². The summed E-state index contributed by atoms with van der Waals surface area (Å²) in [7, 11) is -4.21. The summed E-state index contributed by atoms with van der Waals surface area (Å²) in [5.74, 6) is -0.464. The Morgan fingerprint density at radius 3 is 2.58 bits per heavy atom. The van der Waals surface area contributed by atoms with Gasteiger partial charge in [0.05, 0.1) is 17.0 Å². The fourth-order valence-corrected chi connectivity index (χ4v) is 3.23. The van der Waals surface area contributed by atoms with Gasteiger partial charge in [0.2, 0.25) is 15.9 Å². The number of carbonyl (C=O) groups is 1. The Labute approximate surface area is 143 Å². The molecular formula is C13H17ClF3N3O3S. The molecule has 1 amide bonds. The number of benzene rings is 1. The van der Waals surface area contributed by atoms with Crippen molar-refractivity contribution in [2.75, 3.05) is 19.6 Å². The highest BCUT2D eigenvalue weighted by molar-refractivity contribution is 7.89. The molecule has 0 bridgehead atoms. The first-order valence-electron chi connectivity index (χ1n) is 6.80. The molecule has 0 spiro atoms. The van der Waals surface area contributed by atoms with Crippen molar-refractivity contribution in [3.8, 4) is 0 Å². The molecule has 0 aromatic heterocycles. The standard InChI is InChI=1S/C13H16F3N3O3S.ClH/c14-13(15,16)9-2-1-3-11(6-9)23(21,22)18-7-12(20)19-5-4-10(17)8-19;/h1-3,6,10,18H,4-5,7-8,17H2;1H/t10-;/m1./s1. The number of rotatable bonds is 4. The van der Waals surface area contributed by atoms with Gasteiger partial charge in [-0.2, -0.15) is 13.2 Å². The van der Waals surface area contributed by atoms with Crippen LogP contribution in [0.15, 0.2) is 29.2 Å². The van der Waals surface area contributed by atoms with Crippen molar-refractivity contribution in [2.45, 2.75) is 23.5 Å². The third-order valence-corrected chi connectivity index (χ3v) is 4.86. The Hall–Kier alpha value is -1.36. The molecule has 0 saturated carbocycles. The number of nitrogens with one attached hydrogen (secondary N) is 1. The Morgan fingerprint density at radius 1 is 1.38 bits per heavy atom. The Bertz CT molecular complexity index is 697. The lowest BCUT2D eigenvalue weighted by Crippen LogP contribution is -2.40. The van der Waals surface area contributed by atoms with E-state index in [4.69, 9.17) is 5.73 Å². The van der Waals surface area contributed by atoms with Crippen LogP contribution < -0.4 is 10.5 Å². The maximum Gasteiger partial charge on any atom is 0.416 e. The van der Waals surface area contributed by atoms with Crippen LogP contribution in [0.2, 0.25) is 0 Å². The number of hydrogen-bond acceptors (Lipinski definition) is 4. The molecule has 1 atom stereocenters. The van der Waals surface area contributed by atoms with Crippen molar-refractivity contribution in [2.24, 2.45) is 5.73 Å². The molecule has 1 fully saturated rings. The fraction of sp³-hybridized carbons (Fsp3) is 0.462. The minimum atomic E-state index is -4.65. The van der Waals surface area contributed by atoms with Crippen molar-refractivity contribution in [3.63, 3.8) is 0 Å². The molecule has 1 aromatic carbocycles. The normalized spacial score (nSPS) is 18.3. The van der Waals surface area contributed by atoms with Crippen LogP contribution in [0.25, 0.3) is 0 Å². The second-order valence-electron chi connectivity index (χ2n) is 5.24. The van der Waals surface area contributed by atoms with Crippen molar-refractivity contribution in [1.29, 1.82) is 0 Å². The first-order chi connectivity index (χ1) is 10.6. The largest absolute Gasteiger partial charge is 0.416 e. The van der Waals surface area contributed by atoms with Gasteiger partial charge in [-0.05, 0) is 24.6 Å². The number of amides is 1. The third kappa shape index (κ3) is 5.07. The van der Waals surface area contributed by atoms with Gasteiger partial charge in [0, 0.05) is 19.1 Å². The van der Waals surface area contributed by atoms with E-state index in [0.29, 0.717) is 25.6 Å². The van der Waals surface area contributed by atoms with E-state index < -0.39 is 39.1 Å². The monoisotopic (exact) mass is 387 g/mol. The van der Waals surface area contributed by atoms with Gasteiger partial charge in [-0.3, -0.25) is 4.79 Å². The van der Waals surface area contributed by atoms with E-state index in [1.807, 2.05) is 4.72 Å². The molecule has 0 aliphatic carbocycles. The van der Waals surface area contributed by atoms with Gasteiger partial charge < -0.3 is 10.6 Å². The second-order valence-corrected chi connectivity index (χ2v) is 7.01. The number of nitrogens with two attached hydrogens (primary N) is 1. The smallest absolute Gasteiger partial charge is 0.340 e. The van der Waals surface area contributed by atoms with E-state index in [1.54, 1.807) is 0 Å². The van der Waals surface area contributed by atoms with E-state index in [9.17, 15) is 26.4 Å². The molecule has 24 heavy (non-hydrogen) atoms. The van der Waals surface area contributed by atoms with Crippen molar-refractivity contribution >= 4 is 28.3 Å². The number of hydrogen-bond donors (Lipinski definition) is 2. The Kier molecular flexibility index (Phi) is 6.62. The predicted molar refractivity (Wildman–Crippen MR) is 83.1 cm³/mol. The maximum atomic E-state index is 12.6. The molecule has 1 heterocycles. The molecule has 136 valence electrons. The van der Waals surface area contributed by atoms with Gasteiger partial charge in [0.1, 0.15) is 0 Å². The van der Waals surface area contributed by atoms with Crippen LogP contribution in [0.3, 0.4) is 0 Å². The fourth-order valence-electron chi connectivity index (χ4n) is 2.21. The highest BCUT2D eigenvalue weighted by Crippen LogP contribution is 2.30. The second kappa shape index (κ2) is 7.68. The molecule has 11 heteroatoms. The van der Waals surface area contributed by atoms with Gasteiger partial charge in [-0.25, -0.2) is 13.1 Å². The lowest BCUT2D eigenvalue weighted by molar-refractivity contribution is -0.137. The van der Waals surface area contributed by atoms with Crippen LogP contribution in [-0.4, -0.2) is 44.9 Å². The van der Waals surface area contributed by atoms with Crippen LogP contribution in [0.4, 0.5) is 13.2 Å². The van der Waals surface area contributed by atoms with Gasteiger partial charge in [-0.1, -0.05) is 6.07 Å². The average Bonchev–Trinajstić information content (AvgIpc) is 2.91. The van der Waals surface area contributed by atoms with Crippen molar-refractivity contribution in [3.05, 3.63) is 29.8 Å². The van der Waals surface area contributed by atoms with Crippen LogP contribution in [0.5, 0.6) is 0 Å². The molecule has 6 nitrogen and oxygen atoms in total. The number of carbonyl (C=O) groups excluding carboxylic acids is 1. The zero-order valence-electron chi connectivity index (χ0n) is 12.4. The topological polar surface area (TPSA) is 92.5 Å². The average molecular weight is 388 g/mol. The SMILES string of the molecule is Cl.N[C@@H]1CCN(C(=O)CNS(=O)(=O)c2cccc(C(F)(F)F)c2)C1. The minimum absolute atomic E-state index is 0. The van der Waals surface area contributed by atoms with Crippen LogP contribution in [-0.2, 0) is 21.0 Å². The summed E-state index contributed by atoms with van der Waals surface area (Å²) < 4.78 is 63.9. The molecule has 1 saturated heterocycles. The minimum Gasteiger partial charge on any atom is -0.340 e. The molecule has 0 unspecified atom stereocenters. The Balaban J connectivity index is 0.00000288. The van der Waals surface area contributed by atoms with Gasteiger partial charge in [-0.15, -0.1) is 12.4 Å². The first kappa shape index (κ1) is 20.7. The summed E-state index contributed by atoms with van der Waals surface area (Å²) in [6, 6.07) is 3.19. The molecule has 2 rings (SSSR count). The molecular weight excluding hydrogens is 371 g/mol. The number of alkyl halides is 3.